The molecule has 1 unspecified atom stereocenters. The minimum Gasteiger partial charge on any atom is -0.353 e. The van der Waals surface area contributed by atoms with E-state index in [1.165, 1.54) is 4.31 Å². The number of nitrogens with zero attached hydrogens (tertiary/aromatic N) is 1. The van der Waals surface area contributed by atoms with Crippen LogP contribution >= 0.6 is 0 Å². The van der Waals surface area contributed by atoms with Crippen LogP contribution in [0.25, 0.3) is 5.57 Å². The Kier molecular flexibility index (Phi) is 5.37. The van der Waals surface area contributed by atoms with Gasteiger partial charge >= 0.3 is 0 Å². The van der Waals surface area contributed by atoms with Gasteiger partial charge in [0.25, 0.3) is 0 Å². The zero-order chi connectivity index (χ0) is 20.4. The smallest absolute Gasteiger partial charge is 0.245 e. The van der Waals surface area contributed by atoms with Gasteiger partial charge in [-0.05, 0) is 41.3 Å². The minimum absolute atomic E-state index is 0.197. The Labute approximate surface area is 172 Å². The first kappa shape index (κ1) is 19.6. The molecular weight excluding hydrogens is 382 g/mol. The van der Waals surface area contributed by atoms with E-state index in [-0.39, 0.29) is 11.4 Å². The number of hydrogen-bond acceptors (Lipinski definition) is 3. The maximum absolute atomic E-state index is 13.6. The van der Waals surface area contributed by atoms with Gasteiger partial charge in [-0.2, -0.15) is 4.31 Å². The molecule has 0 spiro atoms. The van der Waals surface area contributed by atoms with Crippen molar-refractivity contribution in [2.45, 2.75) is 31.2 Å². The van der Waals surface area contributed by atoms with Gasteiger partial charge in [0.15, 0.2) is 6.23 Å². The normalized spacial score (nSPS) is 16.6. The highest BCUT2D eigenvalue weighted by Crippen LogP contribution is 2.34. The van der Waals surface area contributed by atoms with Gasteiger partial charge in [-0.15, -0.1) is 0 Å². The van der Waals surface area contributed by atoms with Gasteiger partial charge in [0.1, 0.15) is 0 Å². The van der Waals surface area contributed by atoms with Crippen molar-refractivity contribution in [1.29, 1.82) is 0 Å². The van der Waals surface area contributed by atoms with E-state index in [0.717, 1.165) is 22.3 Å². The molecule has 0 saturated carbocycles. The molecule has 148 valence electrons. The lowest BCUT2D eigenvalue weighted by Gasteiger charge is -2.35. The standard InChI is InChI=1S/C24H23NO3S/c1-18-12-14-22(15-13-18)29(26,27)25(16-20-8-4-3-5-9-20)24-19(2)23-11-7-6-10-21(23)17-28-24/h3-15,24H,2,16-17H2,1H3. The number of sulfonamides is 1. The SMILES string of the molecule is C=C1c2ccccc2COC1N(Cc1ccccc1)S(=O)(=O)c1ccc(C)cc1. The van der Waals surface area contributed by atoms with Crippen LogP contribution in [-0.2, 0) is 27.9 Å². The molecule has 4 rings (SSSR count). The van der Waals surface area contributed by atoms with Gasteiger partial charge in [-0.25, -0.2) is 8.42 Å². The van der Waals surface area contributed by atoms with Gasteiger partial charge in [-0.3, -0.25) is 0 Å². The maximum Gasteiger partial charge on any atom is 0.245 e. The lowest BCUT2D eigenvalue weighted by Crippen LogP contribution is -2.43. The van der Waals surface area contributed by atoms with Crippen LogP contribution in [0.3, 0.4) is 0 Å². The number of ether oxygens (including phenoxy) is 1. The molecule has 0 N–H and O–H groups in total. The van der Waals surface area contributed by atoms with Crippen LogP contribution in [0.5, 0.6) is 0 Å². The monoisotopic (exact) mass is 405 g/mol. The molecule has 1 heterocycles. The third-order valence-electron chi connectivity index (χ3n) is 5.13. The van der Waals surface area contributed by atoms with Crippen LogP contribution in [0.15, 0.2) is 90.3 Å². The molecule has 29 heavy (non-hydrogen) atoms. The first-order valence-corrected chi connectivity index (χ1v) is 10.9. The van der Waals surface area contributed by atoms with Gasteiger partial charge in [0, 0.05) is 6.54 Å². The van der Waals surface area contributed by atoms with Crippen LogP contribution in [0.2, 0.25) is 0 Å². The van der Waals surface area contributed by atoms with Crippen LogP contribution in [0, 0.1) is 6.92 Å². The molecule has 0 radical (unpaired) electrons. The summed E-state index contributed by atoms with van der Waals surface area (Å²) in [6.45, 7) is 6.66. The minimum atomic E-state index is -3.80. The number of fused-ring (bicyclic) bond motifs is 1. The fourth-order valence-corrected chi connectivity index (χ4v) is 5.03. The van der Waals surface area contributed by atoms with Crippen molar-refractivity contribution in [3.63, 3.8) is 0 Å². The van der Waals surface area contributed by atoms with Gasteiger partial charge in [-0.1, -0.05) is 78.9 Å². The second kappa shape index (κ2) is 7.95. The highest BCUT2D eigenvalue weighted by atomic mass is 32.2. The van der Waals surface area contributed by atoms with E-state index >= 15 is 0 Å². The third-order valence-corrected chi connectivity index (χ3v) is 6.93. The number of benzene rings is 3. The second-order valence-electron chi connectivity index (χ2n) is 7.19. The van der Waals surface area contributed by atoms with Crippen LogP contribution in [-0.4, -0.2) is 19.0 Å². The molecule has 1 aliphatic heterocycles. The maximum atomic E-state index is 13.6. The summed E-state index contributed by atoms with van der Waals surface area (Å²) in [5.41, 5.74) is 4.50. The summed E-state index contributed by atoms with van der Waals surface area (Å²) in [4.78, 5) is 0.245. The number of hydrogen-bond donors (Lipinski definition) is 0. The predicted octanol–water partition coefficient (Wildman–Crippen LogP) is 4.76. The molecule has 0 saturated heterocycles. The van der Waals surface area contributed by atoms with Crippen molar-refractivity contribution < 1.29 is 13.2 Å². The summed E-state index contributed by atoms with van der Waals surface area (Å²) in [6.07, 6.45) is -0.767. The zero-order valence-electron chi connectivity index (χ0n) is 16.3. The van der Waals surface area contributed by atoms with E-state index in [1.807, 2.05) is 61.5 Å². The molecule has 0 aromatic heterocycles. The Hall–Kier alpha value is -2.73. The largest absolute Gasteiger partial charge is 0.353 e. The fourth-order valence-electron chi connectivity index (χ4n) is 3.52. The molecule has 0 aliphatic carbocycles. The Balaban J connectivity index is 1.77. The summed E-state index contributed by atoms with van der Waals surface area (Å²) in [7, 11) is -3.80. The molecule has 0 amide bonds. The molecule has 0 bridgehead atoms. The Morgan fingerprint density at radius 2 is 1.62 bits per heavy atom. The molecular formula is C24H23NO3S. The lowest BCUT2D eigenvalue weighted by atomic mass is 9.97. The zero-order valence-corrected chi connectivity index (χ0v) is 17.1. The van der Waals surface area contributed by atoms with Gasteiger partial charge in [0.2, 0.25) is 10.0 Å². The fraction of sp³-hybridized carbons (Fsp3) is 0.167. The van der Waals surface area contributed by atoms with Gasteiger partial charge < -0.3 is 4.74 Å². The predicted molar refractivity (Wildman–Crippen MR) is 114 cm³/mol. The third kappa shape index (κ3) is 3.90. The molecule has 3 aromatic carbocycles. The average molecular weight is 406 g/mol. The molecule has 3 aromatic rings. The average Bonchev–Trinajstić information content (AvgIpc) is 2.74. The highest BCUT2D eigenvalue weighted by molar-refractivity contribution is 7.89. The van der Waals surface area contributed by atoms with E-state index in [4.69, 9.17) is 4.74 Å². The first-order valence-electron chi connectivity index (χ1n) is 9.48. The molecule has 4 nitrogen and oxygen atoms in total. The highest BCUT2D eigenvalue weighted by Gasteiger charge is 2.36. The Morgan fingerprint density at radius 3 is 2.34 bits per heavy atom. The Bertz CT molecular complexity index is 1120. The van der Waals surface area contributed by atoms with Crippen molar-refractivity contribution in [3.05, 3.63) is 108 Å². The van der Waals surface area contributed by atoms with Crippen LogP contribution < -0.4 is 0 Å². The number of rotatable bonds is 5. The van der Waals surface area contributed by atoms with Crippen LogP contribution in [0.4, 0.5) is 0 Å². The van der Waals surface area contributed by atoms with Gasteiger partial charge in [0.05, 0.1) is 11.5 Å². The van der Waals surface area contributed by atoms with E-state index in [0.29, 0.717) is 12.2 Å². The second-order valence-corrected chi connectivity index (χ2v) is 9.09. The van der Waals surface area contributed by atoms with Crippen molar-refractivity contribution >= 4 is 15.6 Å². The summed E-state index contributed by atoms with van der Waals surface area (Å²) < 4.78 is 34.7. The summed E-state index contributed by atoms with van der Waals surface area (Å²) in [5, 5.41) is 0. The van der Waals surface area contributed by atoms with Crippen molar-refractivity contribution in [2.24, 2.45) is 0 Å². The van der Waals surface area contributed by atoms with E-state index in [1.54, 1.807) is 24.3 Å². The van der Waals surface area contributed by atoms with Crippen molar-refractivity contribution in [2.75, 3.05) is 0 Å². The van der Waals surface area contributed by atoms with E-state index in [9.17, 15) is 8.42 Å². The Morgan fingerprint density at radius 1 is 0.966 bits per heavy atom. The summed E-state index contributed by atoms with van der Waals surface area (Å²) in [6, 6.07) is 24.3. The number of aryl methyl sites for hydroxylation is 1. The topological polar surface area (TPSA) is 46.6 Å². The van der Waals surface area contributed by atoms with E-state index < -0.39 is 16.3 Å². The molecule has 5 heteroatoms. The van der Waals surface area contributed by atoms with Crippen LogP contribution in [0.1, 0.15) is 22.3 Å². The lowest BCUT2D eigenvalue weighted by molar-refractivity contribution is 0.000822. The van der Waals surface area contributed by atoms with Crippen molar-refractivity contribution in [3.8, 4) is 0 Å². The first-order chi connectivity index (χ1) is 14.0. The quantitative estimate of drug-likeness (QED) is 0.615. The molecule has 1 aliphatic rings. The summed E-state index contributed by atoms with van der Waals surface area (Å²) >= 11 is 0. The summed E-state index contributed by atoms with van der Waals surface area (Å²) in [5.74, 6) is 0. The van der Waals surface area contributed by atoms with Crippen molar-refractivity contribution in [1.82, 2.24) is 4.31 Å². The van der Waals surface area contributed by atoms with E-state index in [2.05, 4.69) is 6.58 Å². The molecule has 1 atom stereocenters. The molecule has 0 fully saturated rings.